The van der Waals surface area contributed by atoms with Crippen molar-refractivity contribution in [1.82, 2.24) is 20.1 Å². The molecule has 0 saturated carbocycles. The number of guanidine groups is 1. The summed E-state index contributed by atoms with van der Waals surface area (Å²) in [6, 6.07) is 0. The van der Waals surface area contributed by atoms with E-state index >= 15 is 0 Å². The number of nitrogens with one attached hydrogen (secondary N) is 1. The van der Waals surface area contributed by atoms with E-state index in [0.29, 0.717) is 0 Å². The molecule has 1 saturated heterocycles. The van der Waals surface area contributed by atoms with Gasteiger partial charge in [-0.05, 0) is 26.7 Å². The summed E-state index contributed by atoms with van der Waals surface area (Å²) in [7, 11) is 0. The molecule has 0 radical (unpaired) electrons. The van der Waals surface area contributed by atoms with E-state index in [1.54, 1.807) is 11.3 Å². The minimum absolute atomic E-state index is 0.728. The number of rotatable bonds is 5. The molecule has 0 aliphatic carbocycles. The van der Waals surface area contributed by atoms with Crippen molar-refractivity contribution in [3.05, 3.63) is 15.6 Å². The molecule has 1 N–H and O–H groups in total. The number of hydrogen-bond acceptors (Lipinski definition) is 4. The Morgan fingerprint density at radius 3 is 2.48 bits per heavy atom. The minimum Gasteiger partial charge on any atom is -0.357 e. The van der Waals surface area contributed by atoms with Crippen LogP contribution in [0.2, 0.25) is 0 Å². The van der Waals surface area contributed by atoms with Crippen LogP contribution < -0.4 is 5.32 Å². The lowest BCUT2D eigenvalue weighted by Gasteiger charge is -2.37. The van der Waals surface area contributed by atoms with Crippen molar-refractivity contribution in [2.75, 3.05) is 39.3 Å². The highest BCUT2D eigenvalue weighted by molar-refractivity contribution is 7.11. The summed E-state index contributed by atoms with van der Waals surface area (Å²) >= 11 is 1.76. The average molecular weight is 338 g/mol. The molecule has 0 unspecified atom stereocenters. The zero-order valence-electron chi connectivity index (χ0n) is 15.2. The Hall–Kier alpha value is -1.14. The number of hydrogen-bond donors (Lipinski definition) is 1. The van der Waals surface area contributed by atoms with Gasteiger partial charge in [-0.2, -0.15) is 0 Å². The third-order valence-corrected chi connectivity index (χ3v) is 5.06. The predicted molar refractivity (Wildman–Crippen MR) is 99.3 cm³/mol. The summed E-state index contributed by atoms with van der Waals surface area (Å²) < 4.78 is 0. The SMILES string of the molecule is CCNC(=NCc1sc(C)nc1C)N1CCN(CC(C)C)CC1. The summed E-state index contributed by atoms with van der Waals surface area (Å²) in [6.45, 7) is 18.0. The highest BCUT2D eigenvalue weighted by Gasteiger charge is 2.20. The number of aliphatic imine (C=N–C) groups is 1. The number of nitrogens with zero attached hydrogens (tertiary/aromatic N) is 4. The highest BCUT2D eigenvalue weighted by atomic mass is 32.1. The van der Waals surface area contributed by atoms with E-state index in [1.807, 2.05) is 0 Å². The molecule has 0 spiro atoms. The zero-order valence-corrected chi connectivity index (χ0v) is 16.0. The average Bonchev–Trinajstić information content (AvgIpc) is 2.82. The Balaban J connectivity index is 1.96. The molecule has 0 atom stereocenters. The van der Waals surface area contributed by atoms with Gasteiger partial charge in [0, 0.05) is 44.1 Å². The van der Waals surface area contributed by atoms with Gasteiger partial charge in [0.2, 0.25) is 0 Å². The summed E-state index contributed by atoms with van der Waals surface area (Å²) in [6.07, 6.45) is 0. The predicted octanol–water partition coefficient (Wildman–Crippen LogP) is 2.50. The maximum absolute atomic E-state index is 4.85. The van der Waals surface area contributed by atoms with Crippen molar-refractivity contribution in [1.29, 1.82) is 0 Å². The van der Waals surface area contributed by atoms with E-state index in [2.05, 4.69) is 54.7 Å². The van der Waals surface area contributed by atoms with Gasteiger partial charge in [0.05, 0.1) is 17.2 Å². The van der Waals surface area contributed by atoms with E-state index in [0.717, 1.165) is 61.8 Å². The molecule has 0 bridgehead atoms. The van der Waals surface area contributed by atoms with Crippen LogP contribution in [-0.4, -0.2) is 60.0 Å². The van der Waals surface area contributed by atoms with Crippen LogP contribution in [0.25, 0.3) is 0 Å². The first kappa shape index (κ1) is 18.2. The third-order valence-electron chi connectivity index (χ3n) is 4.00. The Kier molecular flexibility index (Phi) is 6.84. The van der Waals surface area contributed by atoms with Crippen LogP contribution in [0.5, 0.6) is 0 Å². The standard InChI is InChI=1S/C17H31N5S/c1-6-18-17(19-11-16-14(4)20-15(5)23-16)22-9-7-21(8-10-22)12-13(2)3/h13H,6-12H2,1-5H3,(H,18,19). The summed E-state index contributed by atoms with van der Waals surface area (Å²) in [5.41, 5.74) is 1.12. The lowest BCUT2D eigenvalue weighted by molar-refractivity contribution is 0.164. The van der Waals surface area contributed by atoms with Gasteiger partial charge in [-0.1, -0.05) is 13.8 Å². The molecule has 130 valence electrons. The number of piperazine rings is 1. The smallest absolute Gasteiger partial charge is 0.194 e. The van der Waals surface area contributed by atoms with Gasteiger partial charge >= 0.3 is 0 Å². The molecular formula is C17H31N5S. The Morgan fingerprint density at radius 2 is 1.96 bits per heavy atom. The monoisotopic (exact) mass is 337 g/mol. The van der Waals surface area contributed by atoms with Crippen LogP contribution >= 0.6 is 11.3 Å². The van der Waals surface area contributed by atoms with Crippen molar-refractivity contribution in [3.63, 3.8) is 0 Å². The molecule has 1 aromatic rings. The second kappa shape index (κ2) is 8.64. The van der Waals surface area contributed by atoms with Gasteiger partial charge in [0.15, 0.2) is 5.96 Å². The van der Waals surface area contributed by atoms with Gasteiger partial charge in [-0.15, -0.1) is 11.3 Å². The zero-order chi connectivity index (χ0) is 16.8. The molecule has 23 heavy (non-hydrogen) atoms. The Labute approximate surface area is 144 Å². The van der Waals surface area contributed by atoms with Gasteiger partial charge in [0.1, 0.15) is 0 Å². The summed E-state index contributed by atoms with van der Waals surface area (Å²) in [5, 5.41) is 4.57. The quantitative estimate of drug-likeness (QED) is 0.662. The first-order valence-electron chi connectivity index (χ1n) is 8.68. The van der Waals surface area contributed by atoms with Gasteiger partial charge in [0.25, 0.3) is 0 Å². The second-order valence-corrected chi connectivity index (χ2v) is 7.88. The highest BCUT2D eigenvalue weighted by Crippen LogP contribution is 2.18. The van der Waals surface area contributed by atoms with Crippen LogP contribution in [0.4, 0.5) is 0 Å². The Morgan fingerprint density at radius 1 is 1.26 bits per heavy atom. The summed E-state index contributed by atoms with van der Waals surface area (Å²) in [5.74, 6) is 1.78. The lowest BCUT2D eigenvalue weighted by atomic mass is 10.2. The molecule has 6 heteroatoms. The second-order valence-electron chi connectivity index (χ2n) is 6.59. The van der Waals surface area contributed by atoms with Crippen LogP contribution in [-0.2, 0) is 6.54 Å². The largest absolute Gasteiger partial charge is 0.357 e. The molecule has 5 nitrogen and oxygen atoms in total. The van der Waals surface area contributed by atoms with Crippen LogP contribution in [0.3, 0.4) is 0 Å². The molecular weight excluding hydrogens is 306 g/mol. The normalized spacial score (nSPS) is 17.1. The van der Waals surface area contributed by atoms with Gasteiger partial charge < -0.3 is 10.2 Å². The molecule has 1 aliphatic rings. The van der Waals surface area contributed by atoms with Crippen molar-refractivity contribution < 1.29 is 0 Å². The van der Waals surface area contributed by atoms with Crippen LogP contribution in [0.15, 0.2) is 4.99 Å². The molecule has 0 amide bonds. The van der Waals surface area contributed by atoms with E-state index in [9.17, 15) is 0 Å². The van der Waals surface area contributed by atoms with Crippen molar-refractivity contribution in [2.24, 2.45) is 10.9 Å². The van der Waals surface area contributed by atoms with E-state index in [-0.39, 0.29) is 0 Å². The molecule has 2 rings (SSSR count). The van der Waals surface area contributed by atoms with Gasteiger partial charge in [-0.3, -0.25) is 4.90 Å². The van der Waals surface area contributed by atoms with E-state index < -0.39 is 0 Å². The van der Waals surface area contributed by atoms with E-state index in [1.165, 1.54) is 11.4 Å². The first-order valence-corrected chi connectivity index (χ1v) is 9.49. The Bertz CT molecular complexity index is 515. The molecule has 1 fully saturated rings. The molecule has 1 aliphatic heterocycles. The van der Waals surface area contributed by atoms with Gasteiger partial charge in [-0.25, -0.2) is 9.98 Å². The molecule has 0 aromatic carbocycles. The van der Waals surface area contributed by atoms with Crippen LogP contribution in [0.1, 0.15) is 36.3 Å². The lowest BCUT2D eigenvalue weighted by Crippen LogP contribution is -2.53. The maximum Gasteiger partial charge on any atom is 0.194 e. The fraction of sp³-hybridized carbons (Fsp3) is 0.765. The number of thiazole rings is 1. The minimum atomic E-state index is 0.728. The molecule has 2 heterocycles. The first-order chi connectivity index (χ1) is 11.0. The number of aryl methyl sites for hydroxylation is 2. The fourth-order valence-electron chi connectivity index (χ4n) is 2.95. The van der Waals surface area contributed by atoms with Crippen LogP contribution in [0, 0.1) is 19.8 Å². The fourth-order valence-corrected chi connectivity index (χ4v) is 3.81. The summed E-state index contributed by atoms with van der Waals surface area (Å²) in [4.78, 5) is 15.6. The maximum atomic E-state index is 4.85. The van der Waals surface area contributed by atoms with Crippen molar-refractivity contribution >= 4 is 17.3 Å². The third kappa shape index (κ3) is 5.46. The van der Waals surface area contributed by atoms with E-state index in [4.69, 9.17) is 4.99 Å². The topological polar surface area (TPSA) is 43.8 Å². The number of aromatic nitrogens is 1. The van der Waals surface area contributed by atoms with Crippen molar-refractivity contribution in [3.8, 4) is 0 Å². The molecule has 1 aromatic heterocycles. The van der Waals surface area contributed by atoms with Crippen molar-refractivity contribution in [2.45, 2.75) is 41.2 Å².